The molecular weight excluding hydrogens is 373 g/mol. The average Bonchev–Trinajstić information content (AvgIpc) is 3.41. The van der Waals surface area contributed by atoms with Gasteiger partial charge in [0.1, 0.15) is 11.9 Å². The topological polar surface area (TPSA) is 103 Å². The number of H-pyrrole nitrogens is 1. The number of phenols is 1. The number of alkyl halides is 1. The average molecular weight is 395 g/mol. The molecule has 4 atom stereocenters. The van der Waals surface area contributed by atoms with Crippen LogP contribution in [-0.4, -0.2) is 61.8 Å². The number of anilines is 1. The van der Waals surface area contributed by atoms with Crippen LogP contribution in [0.3, 0.4) is 0 Å². The standard InChI is InChI=1S/C20H22FN7O/c1-28(16-7-13-3-5-15(25-13)19(16)21)18-10-22-20(27-26-18)14-4-2-11(6-17(14)29)12-8-23-24-9-12/h2,4,6,8-10,13,15-16,19,25,29H,3,5,7H2,1H3,(H,23,24)/t13-,15-,16+,19-/m1/s1. The number of benzene rings is 1. The van der Waals surface area contributed by atoms with E-state index in [1.54, 1.807) is 30.7 Å². The summed E-state index contributed by atoms with van der Waals surface area (Å²) in [6.07, 6.45) is 6.72. The van der Waals surface area contributed by atoms with Crippen molar-refractivity contribution in [2.45, 2.75) is 43.6 Å². The van der Waals surface area contributed by atoms with Gasteiger partial charge in [-0.3, -0.25) is 5.10 Å². The number of nitrogens with one attached hydrogen (secondary N) is 2. The Bertz CT molecular complexity index is 995. The molecule has 2 fully saturated rings. The summed E-state index contributed by atoms with van der Waals surface area (Å²) >= 11 is 0. The van der Waals surface area contributed by atoms with Crippen LogP contribution < -0.4 is 10.2 Å². The number of halogens is 1. The van der Waals surface area contributed by atoms with E-state index in [0.29, 0.717) is 23.2 Å². The number of aromatic hydroxyl groups is 1. The molecule has 150 valence electrons. The molecule has 5 rings (SSSR count). The Hall–Kier alpha value is -3.07. The van der Waals surface area contributed by atoms with Crippen molar-refractivity contribution in [2.75, 3.05) is 11.9 Å². The second-order valence-corrected chi connectivity index (χ2v) is 7.76. The van der Waals surface area contributed by atoms with E-state index in [9.17, 15) is 9.50 Å². The smallest absolute Gasteiger partial charge is 0.185 e. The fourth-order valence-corrected chi connectivity index (χ4v) is 4.38. The van der Waals surface area contributed by atoms with E-state index in [1.165, 1.54) is 0 Å². The number of phenolic OH excluding ortho intramolecular Hbond substituents is 1. The van der Waals surface area contributed by atoms with Gasteiger partial charge >= 0.3 is 0 Å². The molecule has 2 aliphatic rings. The zero-order valence-corrected chi connectivity index (χ0v) is 16.0. The van der Waals surface area contributed by atoms with Gasteiger partial charge < -0.3 is 15.3 Å². The Morgan fingerprint density at radius 1 is 1.17 bits per heavy atom. The molecule has 2 aromatic heterocycles. The third-order valence-corrected chi connectivity index (χ3v) is 6.03. The van der Waals surface area contributed by atoms with Crippen molar-refractivity contribution < 1.29 is 9.50 Å². The summed E-state index contributed by atoms with van der Waals surface area (Å²) in [7, 11) is 1.84. The molecule has 0 spiro atoms. The van der Waals surface area contributed by atoms with Gasteiger partial charge in [-0.05, 0) is 37.0 Å². The van der Waals surface area contributed by atoms with Crippen molar-refractivity contribution >= 4 is 5.82 Å². The lowest BCUT2D eigenvalue weighted by atomic mass is 9.96. The van der Waals surface area contributed by atoms with Crippen LogP contribution in [0.15, 0.2) is 36.8 Å². The Morgan fingerprint density at radius 2 is 2.07 bits per heavy atom. The number of nitrogens with zero attached hydrogens (tertiary/aromatic N) is 5. The van der Waals surface area contributed by atoms with Gasteiger partial charge in [0.25, 0.3) is 0 Å². The summed E-state index contributed by atoms with van der Waals surface area (Å²) in [5.74, 6) is 0.906. The minimum Gasteiger partial charge on any atom is -0.507 e. The zero-order valence-electron chi connectivity index (χ0n) is 16.0. The van der Waals surface area contributed by atoms with Crippen molar-refractivity contribution in [3.63, 3.8) is 0 Å². The molecule has 0 unspecified atom stereocenters. The Labute approximate surface area is 167 Å². The number of rotatable bonds is 4. The van der Waals surface area contributed by atoms with E-state index in [-0.39, 0.29) is 17.8 Å². The Balaban J connectivity index is 1.36. The van der Waals surface area contributed by atoms with Gasteiger partial charge in [-0.1, -0.05) is 6.07 Å². The summed E-state index contributed by atoms with van der Waals surface area (Å²) in [4.78, 5) is 6.20. The third-order valence-electron chi connectivity index (χ3n) is 6.03. The first-order valence-corrected chi connectivity index (χ1v) is 9.75. The van der Waals surface area contributed by atoms with Gasteiger partial charge in [0, 0.05) is 30.9 Å². The number of aromatic nitrogens is 5. The number of fused-ring (bicyclic) bond motifs is 2. The first kappa shape index (κ1) is 18.0. The monoisotopic (exact) mass is 395 g/mol. The molecule has 0 amide bonds. The lowest BCUT2D eigenvalue weighted by molar-refractivity contribution is 0.176. The van der Waals surface area contributed by atoms with E-state index in [0.717, 1.165) is 30.4 Å². The van der Waals surface area contributed by atoms with E-state index in [2.05, 4.69) is 30.7 Å². The highest BCUT2D eigenvalue weighted by Crippen LogP contribution is 2.34. The summed E-state index contributed by atoms with van der Waals surface area (Å²) < 4.78 is 14.8. The first-order chi connectivity index (χ1) is 14.1. The molecule has 1 aromatic carbocycles. The molecule has 4 heterocycles. The molecule has 9 heteroatoms. The second-order valence-electron chi connectivity index (χ2n) is 7.76. The maximum absolute atomic E-state index is 14.8. The maximum atomic E-state index is 14.8. The number of hydrogen-bond acceptors (Lipinski definition) is 7. The molecule has 0 aliphatic carbocycles. The van der Waals surface area contributed by atoms with Crippen LogP contribution >= 0.6 is 0 Å². The molecule has 2 bridgehead atoms. The molecular formula is C20H22FN7O. The molecule has 3 N–H and O–H groups in total. The number of piperidine rings is 1. The quantitative estimate of drug-likeness (QED) is 0.623. The highest BCUT2D eigenvalue weighted by Gasteiger charge is 2.43. The lowest BCUT2D eigenvalue weighted by Gasteiger charge is -2.38. The molecule has 2 saturated heterocycles. The van der Waals surface area contributed by atoms with E-state index < -0.39 is 6.17 Å². The molecule has 2 aliphatic heterocycles. The molecule has 0 saturated carbocycles. The van der Waals surface area contributed by atoms with E-state index in [4.69, 9.17) is 0 Å². The van der Waals surface area contributed by atoms with Crippen LogP contribution in [0.4, 0.5) is 10.2 Å². The molecule has 29 heavy (non-hydrogen) atoms. The van der Waals surface area contributed by atoms with Crippen LogP contribution in [0, 0.1) is 0 Å². The largest absolute Gasteiger partial charge is 0.507 e. The summed E-state index contributed by atoms with van der Waals surface area (Å²) in [5, 5.41) is 28.9. The normalized spacial score (nSPS) is 25.9. The van der Waals surface area contributed by atoms with Crippen LogP contribution in [0.5, 0.6) is 5.75 Å². The van der Waals surface area contributed by atoms with Crippen molar-refractivity contribution in [1.82, 2.24) is 30.7 Å². The van der Waals surface area contributed by atoms with Gasteiger partial charge in [-0.2, -0.15) is 5.10 Å². The molecule has 8 nitrogen and oxygen atoms in total. The van der Waals surface area contributed by atoms with E-state index in [1.807, 2.05) is 18.0 Å². The summed E-state index contributed by atoms with van der Waals surface area (Å²) in [6, 6.07) is 5.31. The van der Waals surface area contributed by atoms with Crippen molar-refractivity contribution in [3.05, 3.63) is 36.8 Å². The van der Waals surface area contributed by atoms with Gasteiger partial charge in [-0.15, -0.1) is 10.2 Å². The van der Waals surface area contributed by atoms with Crippen LogP contribution in [0.2, 0.25) is 0 Å². The van der Waals surface area contributed by atoms with Gasteiger partial charge in [0.05, 0.1) is 24.0 Å². The maximum Gasteiger partial charge on any atom is 0.185 e. The van der Waals surface area contributed by atoms with Crippen LogP contribution in [-0.2, 0) is 0 Å². The minimum atomic E-state index is -0.945. The van der Waals surface area contributed by atoms with Gasteiger partial charge in [0.15, 0.2) is 11.6 Å². The van der Waals surface area contributed by atoms with Crippen molar-refractivity contribution in [3.8, 4) is 28.3 Å². The molecule has 3 aromatic rings. The van der Waals surface area contributed by atoms with Crippen molar-refractivity contribution in [2.24, 2.45) is 0 Å². The minimum absolute atomic E-state index is 0.0605. The highest BCUT2D eigenvalue weighted by molar-refractivity contribution is 5.72. The fourth-order valence-electron chi connectivity index (χ4n) is 4.38. The predicted octanol–water partition coefficient (Wildman–Crippen LogP) is 2.30. The highest BCUT2D eigenvalue weighted by atomic mass is 19.1. The summed E-state index contributed by atoms with van der Waals surface area (Å²) in [5.41, 5.74) is 2.20. The second kappa shape index (κ2) is 7.07. The number of aromatic amines is 1. The fraction of sp³-hybridized carbons (Fsp3) is 0.400. The Kier molecular flexibility index (Phi) is 4.39. The van der Waals surface area contributed by atoms with Crippen LogP contribution in [0.25, 0.3) is 22.5 Å². The first-order valence-electron chi connectivity index (χ1n) is 9.75. The lowest BCUT2D eigenvalue weighted by Crippen LogP contribution is -2.55. The Morgan fingerprint density at radius 3 is 2.79 bits per heavy atom. The van der Waals surface area contributed by atoms with Crippen LogP contribution in [0.1, 0.15) is 19.3 Å². The SMILES string of the molecule is CN(c1cnc(-c2ccc(-c3cn[nH]c3)cc2O)nn1)[C@H]1C[C@H]2CC[C@@H](N2)[C@H]1F. The summed E-state index contributed by atoms with van der Waals surface area (Å²) in [6.45, 7) is 0. The predicted molar refractivity (Wildman–Crippen MR) is 106 cm³/mol. The van der Waals surface area contributed by atoms with E-state index >= 15 is 0 Å². The zero-order chi connectivity index (χ0) is 20.0. The number of hydrogen-bond donors (Lipinski definition) is 3. The molecule has 0 radical (unpaired) electrons. The van der Waals surface area contributed by atoms with Crippen molar-refractivity contribution in [1.29, 1.82) is 0 Å². The third kappa shape index (κ3) is 3.21. The van der Waals surface area contributed by atoms with Gasteiger partial charge in [-0.25, -0.2) is 9.37 Å². The van der Waals surface area contributed by atoms with Gasteiger partial charge in [0.2, 0.25) is 0 Å².